The molecule has 0 heterocycles. The first-order valence-electron chi connectivity index (χ1n) is 0.775. The quantitative estimate of drug-likeness (QED) is 0.332. The first-order valence-corrected chi connectivity index (χ1v) is 0.775. The zero-order valence-electron chi connectivity index (χ0n) is 1.92. The Morgan fingerprint density at radius 2 is 1.00 bits per heavy atom. The molecule has 0 aromatic rings. The van der Waals surface area contributed by atoms with Crippen LogP contribution in [0.1, 0.15) is 0 Å². The van der Waals surface area contributed by atoms with E-state index in [0.29, 0.717) is 0 Å². The molecule has 0 aromatic carbocycles. The Morgan fingerprint density at radius 3 is 1.00 bits per heavy atom. The van der Waals surface area contributed by atoms with Crippen LogP contribution in [0.25, 0.3) is 0 Å². The molecule has 0 aliphatic carbocycles. The van der Waals surface area contributed by atoms with Crippen molar-refractivity contribution in [2.24, 2.45) is 0 Å². The average molecular weight is 178 g/mol. The molecule has 0 saturated carbocycles. The van der Waals surface area contributed by atoms with Crippen molar-refractivity contribution in [2.75, 3.05) is 0 Å². The molecule has 0 aliphatic heterocycles. The zero-order chi connectivity index (χ0) is 3.58. The van der Waals surface area contributed by atoms with Crippen molar-refractivity contribution in [1.82, 2.24) is 0 Å². The second-order valence-corrected chi connectivity index (χ2v) is 0.346. The molecule has 0 unspecified atom stereocenters. The normalized spacial score (nSPS) is 4.50. The minimum absolute atomic E-state index is 0. The summed E-state index contributed by atoms with van der Waals surface area (Å²) < 4.78 is 0. The summed E-state index contributed by atoms with van der Waals surface area (Å²) >= 11 is 0. The molecule has 3 N–H and O–H groups in total. The van der Waals surface area contributed by atoms with Crippen LogP contribution >= 0.6 is 0 Å². The van der Waals surface area contributed by atoms with Gasteiger partial charge in [-0.25, -0.2) is 0 Å². The van der Waals surface area contributed by atoms with E-state index in [2.05, 4.69) is 0 Å². The van der Waals surface area contributed by atoms with Gasteiger partial charge in [-0.2, -0.15) is 0 Å². The molecule has 6 heteroatoms. The van der Waals surface area contributed by atoms with E-state index in [0.717, 1.165) is 0 Å². The van der Waals surface area contributed by atoms with Crippen LogP contribution in [-0.2, 0) is 0 Å². The van der Waals surface area contributed by atoms with Gasteiger partial charge in [0.1, 0.15) is 0 Å². The van der Waals surface area contributed by atoms with Crippen molar-refractivity contribution >= 4 is 75.9 Å². The number of hydrogen-bond donors (Lipinski definition) is 3. The van der Waals surface area contributed by atoms with Gasteiger partial charge in [0.2, 0.25) is 0 Å². The first-order chi connectivity index (χ1) is 1.73. The van der Waals surface area contributed by atoms with Gasteiger partial charge in [0, 0.05) is 0 Å². The van der Waals surface area contributed by atoms with E-state index in [4.69, 9.17) is 15.1 Å². The monoisotopic (exact) mass is 178 g/mol. The Labute approximate surface area is 89.3 Å². The van der Waals surface area contributed by atoms with E-state index < -0.39 is 7.32 Å². The van der Waals surface area contributed by atoms with Gasteiger partial charge in [-0.15, -0.1) is 0 Å². The molecule has 0 radical (unpaired) electrons. The Balaban J connectivity index is -0.0000000450. The van der Waals surface area contributed by atoms with Crippen molar-refractivity contribution < 1.29 is 15.1 Å². The maximum atomic E-state index is 7.17. The van der Waals surface area contributed by atoms with Gasteiger partial charge in [-0.3, -0.25) is 0 Å². The summed E-state index contributed by atoms with van der Waals surface area (Å²) in [5, 5.41) is 21.5. The van der Waals surface area contributed by atoms with E-state index in [1.54, 1.807) is 0 Å². The van der Waals surface area contributed by atoms with Crippen LogP contribution in [0.3, 0.4) is 0 Å². The van der Waals surface area contributed by atoms with Gasteiger partial charge in [-0.1, -0.05) is 0 Å². The first kappa shape index (κ1) is 15.7. The minimum atomic E-state index is -2.17. The van der Waals surface area contributed by atoms with Crippen molar-refractivity contribution in [2.45, 2.75) is 0 Å². The fourth-order valence-electron chi connectivity index (χ4n) is 0. The molecule has 0 rings (SSSR count). The van der Waals surface area contributed by atoms with E-state index in [9.17, 15) is 0 Å². The summed E-state index contributed by atoms with van der Waals surface area (Å²) in [7, 11) is -2.17. The molecule has 0 aliphatic rings. The summed E-state index contributed by atoms with van der Waals surface area (Å²) in [4.78, 5) is 0. The molecule has 0 spiro atoms. The van der Waals surface area contributed by atoms with E-state index in [1.807, 2.05) is 0 Å². The van der Waals surface area contributed by atoms with Crippen LogP contribution in [0.4, 0.5) is 0 Å². The van der Waals surface area contributed by atoms with Crippen LogP contribution in [-0.4, -0.2) is 90.9 Å². The molecule has 0 fully saturated rings. The molecule has 32 valence electrons. The molecule has 0 saturated heterocycles. The SMILES string of the molecule is OB(O)O.[MgH2].[SrH2]. The van der Waals surface area contributed by atoms with E-state index in [-0.39, 0.29) is 68.5 Å². The van der Waals surface area contributed by atoms with Crippen LogP contribution in [0.15, 0.2) is 0 Å². The topological polar surface area (TPSA) is 60.7 Å². The van der Waals surface area contributed by atoms with Crippen LogP contribution in [0, 0.1) is 0 Å². The fourth-order valence-corrected chi connectivity index (χ4v) is 0. The predicted octanol–water partition coefficient (Wildman–Crippen LogP) is -3.88. The molecular formula is H7BMgO3Sr. The molecular weight excluding hydrogens is 171 g/mol. The summed E-state index contributed by atoms with van der Waals surface area (Å²) in [6, 6.07) is 0. The standard InChI is InChI=1S/BH3O3.Mg.Sr.4H/c2-1(3)4;;;;;;/h2-4H;;;;;;. The molecule has 6 heavy (non-hydrogen) atoms. The predicted molar refractivity (Wildman–Crippen MR) is 29.5 cm³/mol. The molecule has 0 amide bonds. The summed E-state index contributed by atoms with van der Waals surface area (Å²) in [5.41, 5.74) is 0. The van der Waals surface area contributed by atoms with Gasteiger partial charge in [0.15, 0.2) is 0 Å². The van der Waals surface area contributed by atoms with Gasteiger partial charge >= 0.3 is 75.9 Å². The molecule has 0 aromatic heterocycles. The third-order valence-electron chi connectivity index (χ3n) is 0. The van der Waals surface area contributed by atoms with Gasteiger partial charge in [0.25, 0.3) is 0 Å². The molecule has 0 bridgehead atoms. The average Bonchev–Trinajstić information content (AvgIpc) is 0.811. The number of hydrogen-bond acceptors (Lipinski definition) is 3. The summed E-state index contributed by atoms with van der Waals surface area (Å²) in [6.45, 7) is 0. The molecule has 0 atom stereocenters. The second-order valence-electron chi connectivity index (χ2n) is 0.346. The van der Waals surface area contributed by atoms with Crippen molar-refractivity contribution in [3.8, 4) is 0 Å². The van der Waals surface area contributed by atoms with E-state index in [1.165, 1.54) is 0 Å². The maximum absolute atomic E-state index is 7.17. The fraction of sp³-hybridized carbons (Fsp3) is 0. The van der Waals surface area contributed by atoms with Crippen molar-refractivity contribution in [3.63, 3.8) is 0 Å². The second kappa shape index (κ2) is 10.2. The van der Waals surface area contributed by atoms with Gasteiger partial charge in [-0.05, 0) is 0 Å². The van der Waals surface area contributed by atoms with E-state index >= 15 is 0 Å². The van der Waals surface area contributed by atoms with Crippen molar-refractivity contribution in [3.05, 3.63) is 0 Å². The van der Waals surface area contributed by atoms with Crippen LogP contribution in [0.5, 0.6) is 0 Å². The summed E-state index contributed by atoms with van der Waals surface area (Å²) in [6.07, 6.45) is 0. The van der Waals surface area contributed by atoms with Gasteiger partial charge in [0.05, 0.1) is 0 Å². The van der Waals surface area contributed by atoms with Crippen LogP contribution < -0.4 is 0 Å². The van der Waals surface area contributed by atoms with Crippen molar-refractivity contribution in [1.29, 1.82) is 0 Å². The molecule has 3 nitrogen and oxygen atoms in total. The zero-order valence-corrected chi connectivity index (χ0v) is 1.92. The van der Waals surface area contributed by atoms with Crippen LogP contribution in [0.2, 0.25) is 0 Å². The Hall–Kier alpha value is 2.19. The Bertz CT molecular complexity index is 15.5. The number of rotatable bonds is 0. The Kier molecular flexibility index (Phi) is 26.8. The third kappa shape index (κ3) is 34.7. The summed E-state index contributed by atoms with van der Waals surface area (Å²) in [5.74, 6) is 0. The Morgan fingerprint density at radius 1 is 1.00 bits per heavy atom. The van der Waals surface area contributed by atoms with Gasteiger partial charge < -0.3 is 15.1 Å². The third-order valence-corrected chi connectivity index (χ3v) is 0.